The van der Waals surface area contributed by atoms with Gasteiger partial charge in [0.2, 0.25) is 0 Å². The summed E-state index contributed by atoms with van der Waals surface area (Å²) in [4.78, 5) is 0. The molecule has 3 aliphatic rings. The van der Waals surface area contributed by atoms with Crippen molar-refractivity contribution in [2.45, 2.75) is 31.3 Å². The van der Waals surface area contributed by atoms with Crippen LogP contribution in [0.25, 0.3) is 0 Å². The summed E-state index contributed by atoms with van der Waals surface area (Å²) in [6, 6.07) is 18.6. The Balaban J connectivity index is 0.00000104. The van der Waals surface area contributed by atoms with Crippen LogP contribution in [0.4, 0.5) is 5.69 Å². The predicted molar refractivity (Wildman–Crippen MR) is 110 cm³/mol. The zero-order valence-corrected chi connectivity index (χ0v) is 16.6. The third kappa shape index (κ3) is 4.26. The Bertz CT molecular complexity index is 680. The van der Waals surface area contributed by atoms with Gasteiger partial charge in [0.25, 0.3) is 0 Å². The molecule has 130 valence electrons. The molecule has 1 fully saturated rings. The average Bonchev–Trinajstić information content (AvgIpc) is 2.48. The molecule has 2 bridgehead atoms. The highest BCUT2D eigenvalue weighted by atomic mass is 79.9. The molecule has 3 aliphatic heterocycles. The third-order valence-corrected chi connectivity index (χ3v) is 5.49. The Morgan fingerprint density at radius 3 is 2.71 bits per heavy atom. The van der Waals surface area contributed by atoms with E-state index in [0.29, 0.717) is 18.0 Å². The van der Waals surface area contributed by atoms with Crippen molar-refractivity contribution in [1.82, 2.24) is 5.32 Å². The normalized spacial score (nSPS) is 24.5. The standard InChI is InChI=1S/C19H21BrN2.2ClH/c20-16-6-3-4-13(9-16)8-15-11-17-10-14-5-1-2-7-18(14)22-19(15)12-21-17;;/h1-7,9,15,17,19,21-22H,8,10-12H2;2*1H. The Morgan fingerprint density at radius 2 is 1.88 bits per heavy atom. The molecule has 0 aliphatic carbocycles. The molecule has 3 heterocycles. The lowest BCUT2D eigenvalue weighted by Crippen LogP contribution is -2.53. The number of para-hydroxylation sites is 1. The van der Waals surface area contributed by atoms with E-state index in [-0.39, 0.29) is 24.8 Å². The summed E-state index contributed by atoms with van der Waals surface area (Å²) in [7, 11) is 0. The van der Waals surface area contributed by atoms with Gasteiger partial charge < -0.3 is 10.6 Å². The summed E-state index contributed by atoms with van der Waals surface area (Å²) in [6.45, 7) is 1.07. The van der Waals surface area contributed by atoms with Crippen LogP contribution in [-0.4, -0.2) is 18.6 Å². The zero-order valence-electron chi connectivity index (χ0n) is 13.4. The van der Waals surface area contributed by atoms with Gasteiger partial charge in [-0.3, -0.25) is 0 Å². The van der Waals surface area contributed by atoms with E-state index in [4.69, 9.17) is 0 Å². The van der Waals surface area contributed by atoms with Gasteiger partial charge in [-0.2, -0.15) is 0 Å². The Morgan fingerprint density at radius 1 is 1.04 bits per heavy atom. The molecule has 0 aromatic heterocycles. The van der Waals surface area contributed by atoms with Crippen LogP contribution in [0.2, 0.25) is 0 Å². The molecule has 1 saturated heterocycles. The van der Waals surface area contributed by atoms with Crippen LogP contribution in [0.3, 0.4) is 0 Å². The smallest absolute Gasteiger partial charge is 0.0418 e. The lowest BCUT2D eigenvalue weighted by atomic mass is 9.80. The Kier molecular flexibility index (Phi) is 6.99. The van der Waals surface area contributed by atoms with Gasteiger partial charge in [0.05, 0.1) is 0 Å². The zero-order chi connectivity index (χ0) is 14.9. The van der Waals surface area contributed by atoms with Gasteiger partial charge in [0.1, 0.15) is 0 Å². The lowest BCUT2D eigenvalue weighted by Gasteiger charge is -2.41. The van der Waals surface area contributed by atoms with Crippen molar-refractivity contribution in [2.75, 3.05) is 11.9 Å². The minimum atomic E-state index is 0. The minimum absolute atomic E-state index is 0. The number of hydrogen-bond donors (Lipinski definition) is 2. The largest absolute Gasteiger partial charge is 0.381 e. The molecule has 2 N–H and O–H groups in total. The molecule has 0 amide bonds. The summed E-state index contributed by atoms with van der Waals surface area (Å²) in [5.41, 5.74) is 4.21. The molecule has 3 atom stereocenters. The highest BCUT2D eigenvalue weighted by Crippen LogP contribution is 2.31. The second-order valence-corrected chi connectivity index (χ2v) is 7.46. The van der Waals surface area contributed by atoms with Gasteiger partial charge in [-0.1, -0.05) is 46.3 Å². The number of nitrogens with one attached hydrogen (secondary N) is 2. The third-order valence-electron chi connectivity index (χ3n) is 4.99. The maximum atomic E-state index is 3.80. The summed E-state index contributed by atoms with van der Waals surface area (Å²) < 4.78 is 1.18. The van der Waals surface area contributed by atoms with E-state index in [1.807, 2.05) is 0 Å². The van der Waals surface area contributed by atoms with E-state index in [2.05, 4.69) is 75.1 Å². The maximum absolute atomic E-state index is 3.80. The topological polar surface area (TPSA) is 24.1 Å². The van der Waals surface area contributed by atoms with Crippen LogP contribution in [0.1, 0.15) is 17.5 Å². The van der Waals surface area contributed by atoms with Crippen molar-refractivity contribution in [2.24, 2.45) is 5.92 Å². The van der Waals surface area contributed by atoms with E-state index in [1.54, 1.807) is 0 Å². The monoisotopic (exact) mass is 428 g/mol. The number of piperidine rings is 1. The molecule has 2 aromatic rings. The summed E-state index contributed by atoms with van der Waals surface area (Å²) in [5.74, 6) is 0.689. The fraction of sp³-hybridized carbons (Fsp3) is 0.368. The van der Waals surface area contributed by atoms with E-state index < -0.39 is 0 Å². The molecule has 0 saturated carbocycles. The molecule has 2 aromatic carbocycles. The first-order valence-corrected chi connectivity index (χ1v) is 8.89. The van der Waals surface area contributed by atoms with E-state index >= 15 is 0 Å². The second-order valence-electron chi connectivity index (χ2n) is 6.55. The van der Waals surface area contributed by atoms with Crippen LogP contribution >= 0.6 is 40.7 Å². The molecule has 0 spiro atoms. The summed E-state index contributed by atoms with van der Waals surface area (Å²) in [5, 5.41) is 7.52. The van der Waals surface area contributed by atoms with Crippen molar-refractivity contribution >= 4 is 46.4 Å². The first-order valence-electron chi connectivity index (χ1n) is 8.10. The molecule has 24 heavy (non-hydrogen) atoms. The summed E-state index contributed by atoms with van der Waals surface area (Å²) in [6.07, 6.45) is 3.53. The number of fused-ring (bicyclic) bond motifs is 2. The van der Waals surface area contributed by atoms with Gasteiger partial charge in [-0.25, -0.2) is 0 Å². The maximum Gasteiger partial charge on any atom is 0.0418 e. The van der Waals surface area contributed by atoms with Crippen molar-refractivity contribution in [3.63, 3.8) is 0 Å². The highest BCUT2D eigenvalue weighted by molar-refractivity contribution is 9.10. The molecule has 3 unspecified atom stereocenters. The number of rotatable bonds is 2. The molecule has 0 radical (unpaired) electrons. The van der Waals surface area contributed by atoms with Crippen LogP contribution in [0.15, 0.2) is 53.0 Å². The van der Waals surface area contributed by atoms with Crippen LogP contribution in [-0.2, 0) is 12.8 Å². The van der Waals surface area contributed by atoms with E-state index in [0.717, 1.165) is 19.4 Å². The van der Waals surface area contributed by atoms with Crippen LogP contribution in [0.5, 0.6) is 0 Å². The predicted octanol–water partition coefficient (Wildman–Crippen LogP) is 4.85. The van der Waals surface area contributed by atoms with E-state index in [9.17, 15) is 0 Å². The Hall–Kier alpha value is -0.740. The van der Waals surface area contributed by atoms with Crippen molar-refractivity contribution in [3.05, 3.63) is 64.1 Å². The number of benzene rings is 2. The number of anilines is 1. The first kappa shape index (κ1) is 19.6. The summed E-state index contributed by atoms with van der Waals surface area (Å²) >= 11 is 3.59. The van der Waals surface area contributed by atoms with Gasteiger partial charge in [-0.05, 0) is 54.5 Å². The van der Waals surface area contributed by atoms with Gasteiger partial charge in [0.15, 0.2) is 0 Å². The fourth-order valence-corrected chi connectivity index (χ4v) is 4.34. The minimum Gasteiger partial charge on any atom is -0.381 e. The highest BCUT2D eigenvalue weighted by Gasteiger charge is 2.33. The fourth-order valence-electron chi connectivity index (χ4n) is 3.89. The number of hydrogen-bond acceptors (Lipinski definition) is 2. The van der Waals surface area contributed by atoms with Crippen molar-refractivity contribution in [1.29, 1.82) is 0 Å². The van der Waals surface area contributed by atoms with Crippen LogP contribution < -0.4 is 10.6 Å². The average molecular weight is 430 g/mol. The van der Waals surface area contributed by atoms with Crippen molar-refractivity contribution in [3.8, 4) is 0 Å². The molecular formula is C19H23BrCl2N2. The van der Waals surface area contributed by atoms with Crippen molar-refractivity contribution < 1.29 is 0 Å². The quantitative estimate of drug-likeness (QED) is 0.712. The molecule has 5 rings (SSSR count). The second kappa shape index (κ2) is 8.57. The molecule has 2 nitrogen and oxygen atoms in total. The number of halogens is 3. The van der Waals surface area contributed by atoms with Gasteiger partial charge in [0, 0.05) is 28.8 Å². The SMILES string of the molecule is Brc1cccc(CC2CC3Cc4ccccc4NC2CN3)c1.Cl.Cl. The van der Waals surface area contributed by atoms with Gasteiger partial charge in [-0.15, -0.1) is 24.8 Å². The molecular weight excluding hydrogens is 407 g/mol. The van der Waals surface area contributed by atoms with Gasteiger partial charge >= 0.3 is 0 Å². The lowest BCUT2D eigenvalue weighted by molar-refractivity contribution is 0.270. The Labute approximate surface area is 164 Å². The van der Waals surface area contributed by atoms with E-state index in [1.165, 1.54) is 27.7 Å². The van der Waals surface area contributed by atoms with Crippen LogP contribution in [0, 0.1) is 5.92 Å². The molecule has 5 heteroatoms. The first-order chi connectivity index (χ1) is 10.8.